The Hall–Kier alpha value is -3.90. The van der Waals surface area contributed by atoms with Gasteiger partial charge in [-0.1, -0.05) is 0 Å². The van der Waals surface area contributed by atoms with Crippen molar-refractivity contribution in [2.45, 2.75) is 25.7 Å². The maximum atomic E-state index is 13.1. The largest absolute Gasteiger partial charge is 0.573 e. The lowest BCUT2D eigenvalue weighted by molar-refractivity contribution is -0.274. The Bertz CT molecular complexity index is 1280. The summed E-state index contributed by atoms with van der Waals surface area (Å²) < 4.78 is 49.1. The summed E-state index contributed by atoms with van der Waals surface area (Å²) in [4.78, 5) is 21.9. The Morgan fingerprint density at radius 1 is 1.35 bits per heavy atom. The highest BCUT2D eigenvalue weighted by Crippen LogP contribution is 2.36. The molecule has 1 aliphatic rings. The number of imidazole rings is 1. The van der Waals surface area contributed by atoms with Crippen LogP contribution in [0, 0.1) is 6.92 Å². The molecule has 1 amide bonds. The van der Waals surface area contributed by atoms with Crippen LogP contribution in [0.4, 0.5) is 13.2 Å². The van der Waals surface area contributed by atoms with E-state index in [0.29, 0.717) is 24.4 Å². The summed E-state index contributed by atoms with van der Waals surface area (Å²) in [7, 11) is 0. The van der Waals surface area contributed by atoms with Gasteiger partial charge >= 0.3 is 18.2 Å². The van der Waals surface area contributed by atoms with E-state index in [0.717, 1.165) is 5.69 Å². The second-order valence-electron chi connectivity index (χ2n) is 6.86. The number of amides is 1. The normalized spacial score (nSPS) is 16.5. The lowest BCUT2D eigenvalue weighted by Crippen LogP contribution is -2.41. The van der Waals surface area contributed by atoms with E-state index in [1.807, 2.05) is 0 Å². The van der Waals surface area contributed by atoms with Gasteiger partial charge in [-0.05, 0) is 18.2 Å². The molecule has 10 nitrogen and oxygen atoms in total. The zero-order chi connectivity index (χ0) is 21.8. The molecule has 1 atom stereocenters. The number of nitrogens with one attached hydrogen (secondary N) is 1. The van der Waals surface area contributed by atoms with E-state index in [1.54, 1.807) is 6.92 Å². The molecule has 160 valence electrons. The summed E-state index contributed by atoms with van der Waals surface area (Å²) >= 11 is 0. The number of pyridine rings is 1. The van der Waals surface area contributed by atoms with Gasteiger partial charge in [0.1, 0.15) is 11.6 Å². The lowest BCUT2D eigenvalue weighted by Gasteiger charge is -2.32. The van der Waals surface area contributed by atoms with Crippen molar-refractivity contribution in [2.75, 3.05) is 6.54 Å². The van der Waals surface area contributed by atoms with Crippen molar-refractivity contribution in [1.82, 2.24) is 34.7 Å². The predicted molar refractivity (Wildman–Crippen MR) is 96.1 cm³/mol. The van der Waals surface area contributed by atoms with Crippen molar-refractivity contribution in [3.63, 3.8) is 0 Å². The highest BCUT2D eigenvalue weighted by molar-refractivity contribution is 5.90. The SMILES string of the molecule is Cc1nnc(C(=O)N2CCc3[nH]cnc3C2c2cc3c(OC(F)(F)F)cccn3n2)o1. The Morgan fingerprint density at radius 3 is 2.94 bits per heavy atom. The van der Waals surface area contributed by atoms with Crippen LogP contribution in [-0.4, -0.2) is 53.5 Å². The van der Waals surface area contributed by atoms with Gasteiger partial charge in [-0.3, -0.25) is 4.79 Å². The fourth-order valence-corrected chi connectivity index (χ4v) is 3.65. The first-order valence-corrected chi connectivity index (χ1v) is 9.17. The zero-order valence-electron chi connectivity index (χ0n) is 15.9. The summed E-state index contributed by atoms with van der Waals surface area (Å²) in [6.45, 7) is 1.85. The van der Waals surface area contributed by atoms with Gasteiger partial charge in [0, 0.05) is 31.8 Å². The number of rotatable bonds is 3. The summed E-state index contributed by atoms with van der Waals surface area (Å²) in [5, 5.41) is 11.9. The van der Waals surface area contributed by atoms with Gasteiger partial charge in [-0.25, -0.2) is 9.50 Å². The summed E-state index contributed by atoms with van der Waals surface area (Å²) in [5.74, 6) is -0.884. The third-order valence-electron chi connectivity index (χ3n) is 4.88. The molecule has 0 spiro atoms. The molecule has 5 heterocycles. The number of halogens is 3. The first-order valence-electron chi connectivity index (χ1n) is 9.17. The van der Waals surface area contributed by atoms with E-state index in [2.05, 4.69) is 30.0 Å². The number of hydrogen-bond acceptors (Lipinski definition) is 7. The quantitative estimate of drug-likeness (QED) is 0.528. The molecular weight excluding hydrogens is 419 g/mol. The van der Waals surface area contributed by atoms with Gasteiger partial charge in [0.2, 0.25) is 5.89 Å². The van der Waals surface area contributed by atoms with E-state index in [9.17, 15) is 18.0 Å². The number of aromatic amines is 1. The predicted octanol–water partition coefficient (Wildman–Crippen LogP) is 2.44. The topological polar surface area (TPSA) is 114 Å². The molecule has 1 N–H and O–H groups in total. The van der Waals surface area contributed by atoms with Crippen molar-refractivity contribution in [3.8, 4) is 5.75 Å². The number of H-pyrrole nitrogens is 1. The number of alkyl halides is 3. The number of nitrogens with zero attached hydrogens (tertiary/aromatic N) is 6. The molecule has 5 rings (SSSR count). The van der Waals surface area contributed by atoms with Gasteiger partial charge in [0.05, 0.1) is 17.7 Å². The molecule has 31 heavy (non-hydrogen) atoms. The molecule has 0 radical (unpaired) electrons. The molecule has 1 unspecified atom stereocenters. The molecule has 0 aromatic carbocycles. The van der Waals surface area contributed by atoms with E-state index in [-0.39, 0.29) is 17.3 Å². The number of hydrogen-bond donors (Lipinski definition) is 1. The number of aryl methyl sites for hydroxylation is 1. The number of fused-ring (bicyclic) bond motifs is 2. The third kappa shape index (κ3) is 3.37. The zero-order valence-corrected chi connectivity index (χ0v) is 15.9. The molecule has 0 fully saturated rings. The molecule has 0 aliphatic carbocycles. The van der Waals surface area contributed by atoms with Crippen LogP contribution in [0.1, 0.15) is 39.7 Å². The third-order valence-corrected chi connectivity index (χ3v) is 4.88. The second kappa shape index (κ2) is 6.82. The minimum atomic E-state index is -4.86. The first-order chi connectivity index (χ1) is 14.8. The molecule has 0 saturated heterocycles. The minimum Gasteiger partial charge on any atom is -0.417 e. The van der Waals surface area contributed by atoms with E-state index in [4.69, 9.17) is 4.42 Å². The summed E-state index contributed by atoms with van der Waals surface area (Å²) in [6, 6.07) is 3.25. The van der Waals surface area contributed by atoms with Crippen LogP contribution in [0.15, 0.2) is 35.1 Å². The highest BCUT2D eigenvalue weighted by atomic mass is 19.4. The van der Waals surface area contributed by atoms with Crippen molar-refractivity contribution in [1.29, 1.82) is 0 Å². The Labute approximate surface area is 171 Å². The van der Waals surface area contributed by atoms with Gasteiger partial charge in [-0.2, -0.15) is 5.10 Å². The summed E-state index contributed by atoms with van der Waals surface area (Å²) in [5.41, 5.74) is 1.76. The van der Waals surface area contributed by atoms with Crippen molar-refractivity contribution in [3.05, 3.63) is 59.6 Å². The smallest absolute Gasteiger partial charge is 0.417 e. The number of aromatic nitrogens is 6. The fourth-order valence-electron chi connectivity index (χ4n) is 3.65. The Balaban J connectivity index is 1.61. The number of ether oxygens (including phenoxy) is 1. The van der Waals surface area contributed by atoms with Crippen molar-refractivity contribution < 1.29 is 27.1 Å². The second-order valence-corrected chi connectivity index (χ2v) is 6.86. The number of carbonyl (C=O) groups excluding carboxylic acids is 1. The molecule has 0 saturated carbocycles. The molecular formula is C18H14F3N7O3. The van der Waals surface area contributed by atoms with E-state index in [1.165, 1.54) is 40.1 Å². The first kappa shape index (κ1) is 19.1. The van der Waals surface area contributed by atoms with Gasteiger partial charge in [-0.15, -0.1) is 23.4 Å². The molecule has 1 aliphatic heterocycles. The molecule has 0 bridgehead atoms. The standard InChI is InChI=1S/C18H14F3N7O3/c1-9-24-25-16(30-9)17(29)27-6-4-10-14(23-8-22-10)15(27)11-7-12-13(31-18(19,20)21)3-2-5-28(12)26-11/h2-3,5,7-8,15H,4,6H2,1H3,(H,22,23). The Kier molecular flexibility index (Phi) is 4.20. The van der Waals surface area contributed by atoms with Crippen LogP contribution in [-0.2, 0) is 6.42 Å². The van der Waals surface area contributed by atoms with Crippen LogP contribution in [0.5, 0.6) is 5.75 Å². The van der Waals surface area contributed by atoms with Crippen molar-refractivity contribution in [2.24, 2.45) is 0 Å². The molecule has 4 aromatic rings. The molecule has 13 heteroatoms. The average Bonchev–Trinajstić information content (AvgIpc) is 3.44. The minimum absolute atomic E-state index is 0.0958. The Morgan fingerprint density at radius 2 is 2.19 bits per heavy atom. The monoisotopic (exact) mass is 433 g/mol. The maximum absolute atomic E-state index is 13.1. The fraction of sp³-hybridized carbons (Fsp3) is 0.278. The summed E-state index contributed by atoms with van der Waals surface area (Å²) in [6.07, 6.45) is -1.37. The van der Waals surface area contributed by atoms with Crippen LogP contribution in [0.25, 0.3) is 5.52 Å². The van der Waals surface area contributed by atoms with Crippen LogP contribution in [0.3, 0.4) is 0 Å². The highest BCUT2D eigenvalue weighted by Gasteiger charge is 2.38. The maximum Gasteiger partial charge on any atom is 0.573 e. The van der Waals surface area contributed by atoms with Crippen LogP contribution in [0.2, 0.25) is 0 Å². The molecule has 4 aromatic heterocycles. The van der Waals surface area contributed by atoms with Crippen LogP contribution < -0.4 is 4.74 Å². The lowest BCUT2D eigenvalue weighted by atomic mass is 9.99. The van der Waals surface area contributed by atoms with E-state index < -0.39 is 24.1 Å². The average molecular weight is 433 g/mol. The van der Waals surface area contributed by atoms with Gasteiger partial charge < -0.3 is 19.0 Å². The number of carbonyl (C=O) groups is 1. The van der Waals surface area contributed by atoms with Crippen LogP contribution >= 0.6 is 0 Å². The van der Waals surface area contributed by atoms with Gasteiger partial charge in [0.15, 0.2) is 5.75 Å². The van der Waals surface area contributed by atoms with Crippen molar-refractivity contribution >= 4 is 11.4 Å². The van der Waals surface area contributed by atoms with Gasteiger partial charge in [0.25, 0.3) is 0 Å². The van der Waals surface area contributed by atoms with E-state index >= 15 is 0 Å².